The Hall–Kier alpha value is -1.89. The summed E-state index contributed by atoms with van der Waals surface area (Å²) in [6.07, 6.45) is 2.54. The number of amides is 2. The first-order valence-electron chi connectivity index (χ1n) is 6.91. The minimum atomic E-state index is -0.169. The van der Waals surface area contributed by atoms with Gasteiger partial charge in [0.05, 0.1) is 22.9 Å². The van der Waals surface area contributed by atoms with Crippen LogP contribution in [0.2, 0.25) is 0 Å². The van der Waals surface area contributed by atoms with Crippen LogP contribution in [-0.2, 0) is 13.5 Å². The van der Waals surface area contributed by atoms with E-state index in [1.165, 1.54) is 0 Å². The number of carbonyl (C=O) groups excluding carboxylic acids is 1. The number of aromatic nitrogens is 3. The molecule has 0 saturated heterocycles. The molecule has 2 rings (SSSR count). The monoisotopic (exact) mass is 307 g/mol. The van der Waals surface area contributed by atoms with Gasteiger partial charge in [-0.2, -0.15) is 5.10 Å². The van der Waals surface area contributed by atoms with Crippen molar-refractivity contribution >= 4 is 17.4 Å². The number of rotatable bonds is 5. The summed E-state index contributed by atoms with van der Waals surface area (Å²) in [5.41, 5.74) is 3.11. The Bertz CT molecular complexity index is 619. The van der Waals surface area contributed by atoms with Crippen molar-refractivity contribution in [2.75, 3.05) is 6.54 Å². The van der Waals surface area contributed by atoms with Gasteiger partial charge in [0, 0.05) is 36.7 Å². The van der Waals surface area contributed by atoms with E-state index >= 15 is 0 Å². The van der Waals surface area contributed by atoms with Crippen molar-refractivity contribution in [3.05, 3.63) is 33.5 Å². The number of aryl methyl sites for hydroxylation is 2. The minimum Gasteiger partial charge on any atom is -0.338 e. The van der Waals surface area contributed by atoms with Crippen LogP contribution >= 0.6 is 11.3 Å². The van der Waals surface area contributed by atoms with Gasteiger partial charge in [-0.3, -0.25) is 4.68 Å². The second-order valence-electron chi connectivity index (χ2n) is 5.04. The number of thiazole rings is 1. The first-order chi connectivity index (χ1) is 9.97. The molecule has 0 saturated carbocycles. The third kappa shape index (κ3) is 4.04. The fourth-order valence-electron chi connectivity index (χ4n) is 2.09. The SMILES string of the molecule is Cc1nc(CCNC(=O)NC(C)c2cnn(C)c2C)cs1. The second-order valence-corrected chi connectivity index (χ2v) is 6.10. The fraction of sp³-hybridized carbons (Fsp3) is 0.500. The normalized spacial score (nSPS) is 12.2. The van der Waals surface area contributed by atoms with E-state index < -0.39 is 0 Å². The first kappa shape index (κ1) is 15.5. The Morgan fingerprint density at radius 3 is 2.81 bits per heavy atom. The van der Waals surface area contributed by atoms with Crippen LogP contribution in [0.25, 0.3) is 0 Å². The average Bonchev–Trinajstić information content (AvgIpc) is 2.97. The maximum atomic E-state index is 11.9. The Balaban J connectivity index is 1.77. The molecule has 2 heterocycles. The van der Waals surface area contributed by atoms with Crippen molar-refractivity contribution in [3.8, 4) is 0 Å². The van der Waals surface area contributed by atoms with Gasteiger partial charge in [0.1, 0.15) is 0 Å². The Labute approximate surface area is 128 Å². The van der Waals surface area contributed by atoms with E-state index in [1.54, 1.807) is 22.2 Å². The van der Waals surface area contributed by atoms with Gasteiger partial charge >= 0.3 is 6.03 Å². The third-order valence-corrected chi connectivity index (χ3v) is 4.24. The number of nitrogens with zero attached hydrogens (tertiary/aromatic N) is 3. The number of nitrogens with one attached hydrogen (secondary N) is 2. The minimum absolute atomic E-state index is 0.0692. The van der Waals surface area contributed by atoms with Crippen LogP contribution in [0.15, 0.2) is 11.6 Å². The highest BCUT2D eigenvalue weighted by atomic mass is 32.1. The summed E-state index contributed by atoms with van der Waals surface area (Å²) in [5, 5.41) is 13.0. The van der Waals surface area contributed by atoms with Gasteiger partial charge < -0.3 is 10.6 Å². The van der Waals surface area contributed by atoms with Crippen LogP contribution in [0.4, 0.5) is 4.79 Å². The molecule has 114 valence electrons. The molecular weight excluding hydrogens is 286 g/mol. The second kappa shape index (κ2) is 6.71. The highest BCUT2D eigenvalue weighted by Crippen LogP contribution is 2.15. The van der Waals surface area contributed by atoms with Gasteiger partial charge in [-0.15, -0.1) is 11.3 Å². The lowest BCUT2D eigenvalue weighted by atomic mass is 10.1. The van der Waals surface area contributed by atoms with Crippen LogP contribution in [0, 0.1) is 13.8 Å². The van der Waals surface area contributed by atoms with Crippen LogP contribution in [-0.4, -0.2) is 27.3 Å². The molecule has 2 aromatic heterocycles. The zero-order chi connectivity index (χ0) is 15.4. The van der Waals surface area contributed by atoms with E-state index in [0.717, 1.165) is 28.4 Å². The maximum Gasteiger partial charge on any atom is 0.315 e. The number of carbonyl (C=O) groups is 1. The lowest BCUT2D eigenvalue weighted by Crippen LogP contribution is -2.38. The predicted octanol–water partition coefficient (Wildman–Crippen LogP) is 2.10. The molecule has 6 nitrogen and oxygen atoms in total. The molecule has 0 aromatic carbocycles. The summed E-state index contributed by atoms with van der Waals surface area (Å²) >= 11 is 1.63. The molecule has 2 aromatic rings. The van der Waals surface area contributed by atoms with Gasteiger partial charge in [0.15, 0.2) is 0 Å². The molecule has 7 heteroatoms. The molecule has 0 aliphatic rings. The molecule has 0 fully saturated rings. The lowest BCUT2D eigenvalue weighted by Gasteiger charge is -2.14. The van der Waals surface area contributed by atoms with E-state index in [2.05, 4.69) is 20.7 Å². The number of urea groups is 1. The van der Waals surface area contributed by atoms with Crippen molar-refractivity contribution in [1.82, 2.24) is 25.4 Å². The first-order valence-corrected chi connectivity index (χ1v) is 7.79. The summed E-state index contributed by atoms with van der Waals surface area (Å²) in [6, 6.07) is -0.238. The summed E-state index contributed by atoms with van der Waals surface area (Å²) in [4.78, 5) is 16.2. The molecule has 0 spiro atoms. The predicted molar refractivity (Wildman–Crippen MR) is 83.4 cm³/mol. The van der Waals surface area contributed by atoms with Crippen LogP contribution in [0.1, 0.15) is 34.9 Å². The summed E-state index contributed by atoms with van der Waals surface area (Å²) in [7, 11) is 1.89. The topological polar surface area (TPSA) is 71.8 Å². The molecular formula is C14H21N5OS. The standard InChI is InChI=1S/C14H21N5OS/c1-9(13-7-16-19(4)10(13)2)17-14(20)15-6-5-12-8-21-11(3)18-12/h7-9H,5-6H2,1-4H3,(H2,15,17,20). The van der Waals surface area contributed by atoms with Crippen LogP contribution < -0.4 is 10.6 Å². The smallest absolute Gasteiger partial charge is 0.315 e. The van der Waals surface area contributed by atoms with Crippen LogP contribution in [0.5, 0.6) is 0 Å². The van der Waals surface area contributed by atoms with Crippen molar-refractivity contribution in [2.45, 2.75) is 33.2 Å². The largest absolute Gasteiger partial charge is 0.338 e. The maximum absolute atomic E-state index is 11.9. The van der Waals surface area contributed by atoms with E-state index in [4.69, 9.17) is 0 Å². The summed E-state index contributed by atoms with van der Waals surface area (Å²) < 4.78 is 1.80. The van der Waals surface area contributed by atoms with Gasteiger partial charge in [-0.1, -0.05) is 0 Å². The Kier molecular flexibility index (Phi) is 4.95. The summed E-state index contributed by atoms with van der Waals surface area (Å²) in [6.45, 7) is 6.50. The molecule has 2 amide bonds. The Morgan fingerprint density at radius 2 is 2.24 bits per heavy atom. The molecule has 0 bridgehead atoms. The van der Waals surface area contributed by atoms with Gasteiger partial charge in [-0.25, -0.2) is 9.78 Å². The quantitative estimate of drug-likeness (QED) is 0.888. The molecule has 2 N–H and O–H groups in total. The van der Waals surface area contributed by atoms with E-state index in [-0.39, 0.29) is 12.1 Å². The van der Waals surface area contributed by atoms with Gasteiger partial charge in [-0.05, 0) is 20.8 Å². The van der Waals surface area contributed by atoms with Crippen LogP contribution in [0.3, 0.4) is 0 Å². The van der Waals surface area contributed by atoms with E-state index in [1.807, 2.05) is 33.2 Å². The molecule has 0 aliphatic carbocycles. The molecule has 1 atom stereocenters. The molecule has 21 heavy (non-hydrogen) atoms. The van der Waals surface area contributed by atoms with Crippen molar-refractivity contribution in [2.24, 2.45) is 7.05 Å². The highest BCUT2D eigenvalue weighted by Gasteiger charge is 2.14. The van der Waals surface area contributed by atoms with E-state index in [0.29, 0.717) is 6.54 Å². The van der Waals surface area contributed by atoms with Gasteiger partial charge in [0.25, 0.3) is 0 Å². The average molecular weight is 307 g/mol. The zero-order valence-electron chi connectivity index (χ0n) is 12.8. The molecule has 1 unspecified atom stereocenters. The zero-order valence-corrected chi connectivity index (χ0v) is 13.6. The van der Waals surface area contributed by atoms with E-state index in [9.17, 15) is 4.79 Å². The highest BCUT2D eigenvalue weighted by molar-refractivity contribution is 7.09. The molecule has 0 radical (unpaired) electrons. The fourth-order valence-corrected chi connectivity index (χ4v) is 2.74. The van der Waals surface area contributed by atoms with Crippen molar-refractivity contribution in [1.29, 1.82) is 0 Å². The van der Waals surface area contributed by atoms with Crippen molar-refractivity contribution < 1.29 is 4.79 Å². The molecule has 0 aliphatic heterocycles. The summed E-state index contributed by atoms with van der Waals surface area (Å²) in [5.74, 6) is 0. The lowest BCUT2D eigenvalue weighted by molar-refractivity contribution is 0.238. The number of hydrogen-bond donors (Lipinski definition) is 2. The van der Waals surface area contributed by atoms with Crippen molar-refractivity contribution in [3.63, 3.8) is 0 Å². The van der Waals surface area contributed by atoms with Gasteiger partial charge in [0.2, 0.25) is 0 Å². The third-order valence-electron chi connectivity index (χ3n) is 3.42. The number of hydrogen-bond acceptors (Lipinski definition) is 4. The Morgan fingerprint density at radius 1 is 1.48 bits per heavy atom.